The lowest BCUT2D eigenvalue weighted by molar-refractivity contribution is 0.102. The quantitative estimate of drug-likeness (QED) is 0.480. The average Bonchev–Trinajstić information content (AvgIpc) is 2.82. The standard InChI is InChI=1S/C26H30N2O4S/c1-5-20-12-10-11-19(3)25(20)27-26(29)21-15-16-24(32-6-2)22(17-21)18-28(4)33(30,31)23-13-8-7-9-14-23/h7-17H,5-6,18H2,1-4H3,(H,27,29). The SMILES string of the molecule is CCOc1ccc(C(=O)Nc2c(C)cccc2CC)cc1CN(C)S(=O)(=O)c1ccccc1. The van der Waals surface area contributed by atoms with Crippen molar-refractivity contribution in [2.24, 2.45) is 0 Å². The molecule has 0 bridgehead atoms. The number of carbonyl (C=O) groups excluding carboxylic acids is 1. The lowest BCUT2D eigenvalue weighted by Crippen LogP contribution is -2.27. The zero-order chi connectivity index (χ0) is 24.0. The fraction of sp³-hybridized carbons (Fsp3) is 0.269. The van der Waals surface area contributed by atoms with Crippen molar-refractivity contribution >= 4 is 21.6 Å². The molecule has 0 spiro atoms. The summed E-state index contributed by atoms with van der Waals surface area (Å²) in [6, 6.07) is 19.3. The molecule has 0 atom stereocenters. The van der Waals surface area contributed by atoms with Crippen molar-refractivity contribution in [2.45, 2.75) is 38.6 Å². The van der Waals surface area contributed by atoms with E-state index in [-0.39, 0.29) is 17.3 Å². The van der Waals surface area contributed by atoms with Gasteiger partial charge in [0.1, 0.15) is 5.75 Å². The van der Waals surface area contributed by atoms with Crippen molar-refractivity contribution in [1.29, 1.82) is 0 Å². The van der Waals surface area contributed by atoms with Crippen molar-refractivity contribution in [1.82, 2.24) is 4.31 Å². The Morgan fingerprint density at radius 3 is 2.36 bits per heavy atom. The molecule has 7 heteroatoms. The number of hydrogen-bond acceptors (Lipinski definition) is 4. The van der Waals surface area contributed by atoms with Gasteiger partial charge in [-0.1, -0.05) is 43.3 Å². The van der Waals surface area contributed by atoms with Gasteiger partial charge in [0.05, 0.1) is 11.5 Å². The number of amides is 1. The second kappa shape index (κ2) is 10.6. The Labute approximate surface area is 196 Å². The molecule has 3 aromatic carbocycles. The van der Waals surface area contributed by atoms with E-state index >= 15 is 0 Å². The number of ether oxygens (including phenoxy) is 1. The minimum Gasteiger partial charge on any atom is -0.494 e. The maximum Gasteiger partial charge on any atom is 0.255 e. The summed E-state index contributed by atoms with van der Waals surface area (Å²) in [5, 5.41) is 3.02. The van der Waals surface area contributed by atoms with Crippen LogP contribution >= 0.6 is 0 Å². The van der Waals surface area contributed by atoms with Gasteiger partial charge in [0.15, 0.2) is 0 Å². The molecular formula is C26H30N2O4S. The summed E-state index contributed by atoms with van der Waals surface area (Å²) in [4.78, 5) is 13.3. The Bertz CT molecular complexity index is 1220. The first-order valence-corrected chi connectivity index (χ1v) is 12.4. The molecule has 3 aromatic rings. The van der Waals surface area contributed by atoms with Gasteiger partial charge in [-0.3, -0.25) is 4.79 Å². The molecule has 174 valence electrons. The molecule has 0 unspecified atom stereocenters. The lowest BCUT2D eigenvalue weighted by Gasteiger charge is -2.20. The summed E-state index contributed by atoms with van der Waals surface area (Å²) < 4.78 is 32.9. The monoisotopic (exact) mass is 466 g/mol. The predicted molar refractivity (Wildman–Crippen MR) is 131 cm³/mol. The van der Waals surface area contributed by atoms with Gasteiger partial charge in [0, 0.05) is 30.4 Å². The van der Waals surface area contributed by atoms with Gasteiger partial charge in [-0.2, -0.15) is 4.31 Å². The Balaban J connectivity index is 1.90. The van der Waals surface area contributed by atoms with E-state index in [1.807, 2.05) is 39.0 Å². The maximum atomic E-state index is 13.1. The highest BCUT2D eigenvalue weighted by molar-refractivity contribution is 7.89. The van der Waals surface area contributed by atoms with Crippen LogP contribution in [0.25, 0.3) is 0 Å². The second-order valence-corrected chi connectivity index (χ2v) is 9.79. The third-order valence-electron chi connectivity index (χ3n) is 5.45. The molecule has 0 radical (unpaired) electrons. The van der Waals surface area contributed by atoms with E-state index in [1.165, 1.54) is 11.4 Å². The largest absolute Gasteiger partial charge is 0.494 e. The number of sulfonamides is 1. The van der Waals surface area contributed by atoms with Gasteiger partial charge in [-0.05, 0) is 61.7 Å². The number of carbonyl (C=O) groups is 1. The molecular weight excluding hydrogens is 436 g/mol. The normalized spacial score (nSPS) is 11.4. The third kappa shape index (κ3) is 5.61. The van der Waals surface area contributed by atoms with E-state index in [0.717, 1.165) is 23.2 Å². The van der Waals surface area contributed by atoms with Crippen molar-refractivity contribution in [3.63, 3.8) is 0 Å². The first-order chi connectivity index (χ1) is 15.8. The van der Waals surface area contributed by atoms with E-state index in [1.54, 1.807) is 48.5 Å². The summed E-state index contributed by atoms with van der Waals surface area (Å²) in [6.45, 7) is 6.36. The first kappa shape index (κ1) is 24.5. The van der Waals surface area contributed by atoms with Gasteiger partial charge in [-0.15, -0.1) is 0 Å². The minimum absolute atomic E-state index is 0.0677. The van der Waals surface area contributed by atoms with Crippen LogP contribution < -0.4 is 10.1 Å². The Kier molecular flexibility index (Phi) is 7.89. The van der Waals surface area contributed by atoms with Crippen LogP contribution in [0.5, 0.6) is 5.75 Å². The molecule has 1 N–H and O–H groups in total. The third-order valence-corrected chi connectivity index (χ3v) is 7.26. The number of para-hydroxylation sites is 1. The van der Waals surface area contributed by atoms with Crippen molar-refractivity contribution in [3.05, 3.63) is 89.0 Å². The molecule has 0 fully saturated rings. The first-order valence-electron chi connectivity index (χ1n) is 10.9. The lowest BCUT2D eigenvalue weighted by atomic mass is 10.0. The Hall–Kier alpha value is -3.16. The van der Waals surface area contributed by atoms with E-state index < -0.39 is 10.0 Å². The molecule has 6 nitrogen and oxygen atoms in total. The molecule has 0 aliphatic carbocycles. The Morgan fingerprint density at radius 1 is 0.970 bits per heavy atom. The van der Waals surface area contributed by atoms with Crippen LogP contribution in [0.4, 0.5) is 5.69 Å². The van der Waals surface area contributed by atoms with Crippen molar-refractivity contribution in [2.75, 3.05) is 19.0 Å². The molecule has 3 rings (SSSR count). The predicted octanol–water partition coefficient (Wildman–Crippen LogP) is 5.03. The molecule has 0 aromatic heterocycles. The molecule has 33 heavy (non-hydrogen) atoms. The van der Waals surface area contributed by atoms with Gasteiger partial charge < -0.3 is 10.1 Å². The van der Waals surface area contributed by atoms with Crippen LogP contribution in [0.2, 0.25) is 0 Å². The zero-order valence-corrected chi connectivity index (χ0v) is 20.3. The molecule has 0 aliphatic rings. The van der Waals surface area contributed by atoms with Gasteiger partial charge >= 0.3 is 0 Å². The van der Waals surface area contributed by atoms with E-state index in [2.05, 4.69) is 5.32 Å². The highest BCUT2D eigenvalue weighted by Crippen LogP contribution is 2.26. The van der Waals surface area contributed by atoms with Gasteiger partial charge in [0.25, 0.3) is 5.91 Å². The molecule has 0 saturated heterocycles. The minimum atomic E-state index is -3.69. The van der Waals surface area contributed by atoms with Crippen LogP contribution in [0.1, 0.15) is 40.9 Å². The molecule has 1 amide bonds. The number of nitrogens with one attached hydrogen (secondary N) is 1. The molecule has 0 saturated carbocycles. The van der Waals surface area contributed by atoms with Gasteiger partial charge in [-0.25, -0.2) is 8.42 Å². The zero-order valence-electron chi connectivity index (χ0n) is 19.5. The van der Waals surface area contributed by atoms with E-state index in [9.17, 15) is 13.2 Å². The van der Waals surface area contributed by atoms with Crippen molar-refractivity contribution in [3.8, 4) is 5.75 Å². The van der Waals surface area contributed by atoms with Crippen LogP contribution in [0.15, 0.2) is 71.6 Å². The summed E-state index contributed by atoms with van der Waals surface area (Å²) in [5.41, 5.74) is 3.91. The highest BCUT2D eigenvalue weighted by Gasteiger charge is 2.22. The number of hydrogen-bond donors (Lipinski definition) is 1. The van der Waals surface area contributed by atoms with E-state index in [0.29, 0.717) is 23.5 Å². The van der Waals surface area contributed by atoms with E-state index in [4.69, 9.17) is 4.74 Å². The van der Waals surface area contributed by atoms with Crippen LogP contribution in [-0.2, 0) is 23.0 Å². The fourth-order valence-corrected chi connectivity index (χ4v) is 4.80. The number of aryl methyl sites for hydroxylation is 2. The van der Waals surface area contributed by atoms with Gasteiger partial charge in [0.2, 0.25) is 10.0 Å². The topological polar surface area (TPSA) is 75.7 Å². The van der Waals surface area contributed by atoms with Crippen molar-refractivity contribution < 1.29 is 17.9 Å². The highest BCUT2D eigenvalue weighted by atomic mass is 32.2. The Morgan fingerprint density at radius 2 is 1.70 bits per heavy atom. The summed E-state index contributed by atoms with van der Waals surface area (Å²) >= 11 is 0. The molecule has 0 aliphatic heterocycles. The van der Waals surface area contributed by atoms with Crippen LogP contribution in [-0.4, -0.2) is 32.3 Å². The van der Waals surface area contributed by atoms with Crippen LogP contribution in [0, 0.1) is 6.92 Å². The summed E-state index contributed by atoms with van der Waals surface area (Å²) in [6.07, 6.45) is 0.800. The molecule has 0 heterocycles. The maximum absolute atomic E-state index is 13.1. The second-order valence-electron chi connectivity index (χ2n) is 7.75. The number of benzene rings is 3. The number of nitrogens with zero attached hydrogens (tertiary/aromatic N) is 1. The fourth-order valence-electron chi connectivity index (χ4n) is 3.63. The smallest absolute Gasteiger partial charge is 0.255 e. The van der Waals surface area contributed by atoms with Crippen LogP contribution in [0.3, 0.4) is 0 Å². The average molecular weight is 467 g/mol. The number of anilines is 1. The number of rotatable bonds is 9. The summed E-state index contributed by atoms with van der Waals surface area (Å²) in [7, 11) is -2.17. The summed E-state index contributed by atoms with van der Waals surface area (Å²) in [5.74, 6) is 0.297.